The molecule has 0 aliphatic carbocycles. The first kappa shape index (κ1) is 13.1. The van der Waals surface area contributed by atoms with Crippen LogP contribution in [0.5, 0.6) is 0 Å². The van der Waals surface area contributed by atoms with Crippen LogP contribution in [0.1, 0.15) is 0 Å². The molecule has 0 unspecified atom stereocenters. The Morgan fingerprint density at radius 2 is 0.846 bits per heavy atom. The molecule has 0 amide bonds. The van der Waals surface area contributed by atoms with Gasteiger partial charge < -0.3 is 17.7 Å². The molecule has 0 aromatic carbocycles. The zero-order valence-corrected chi connectivity index (χ0v) is 8.27. The highest BCUT2D eigenvalue weighted by Crippen LogP contribution is 2.11. The van der Waals surface area contributed by atoms with Crippen molar-refractivity contribution in [3.63, 3.8) is 0 Å². The summed E-state index contributed by atoms with van der Waals surface area (Å²) in [7, 11) is -3.30. The maximum absolute atomic E-state index is 5.16. The molecule has 72 valence electrons. The Morgan fingerprint density at radius 1 is 0.615 bits per heavy atom. The largest absolute Gasteiger partial charge is 0.679 e. The van der Waals surface area contributed by atoms with E-state index in [1.165, 1.54) is 0 Å². The lowest BCUT2D eigenvalue weighted by atomic mass is 10.9. The van der Waals surface area contributed by atoms with Crippen LogP contribution in [0.3, 0.4) is 0 Å². The summed E-state index contributed by atoms with van der Waals surface area (Å²) in [4.78, 5) is 0. The maximum atomic E-state index is 5.16. The second-order valence-corrected chi connectivity index (χ2v) is 3.90. The maximum Gasteiger partial charge on any atom is 0.679 e. The Labute approximate surface area is 81.6 Å². The molecule has 0 aliphatic rings. The van der Waals surface area contributed by atoms with Gasteiger partial charge >= 0.3 is 9.05 Å². The second kappa shape index (κ2) is 7.46. The molecule has 0 atom stereocenters. The summed E-state index contributed by atoms with van der Waals surface area (Å²) in [6.45, 7) is 20.1. The van der Waals surface area contributed by atoms with Gasteiger partial charge in [-0.3, -0.25) is 0 Å². The van der Waals surface area contributed by atoms with E-state index in [2.05, 4.69) is 0 Å². The van der Waals surface area contributed by atoms with Crippen LogP contribution in [0.4, 0.5) is 0 Å². The summed E-state index contributed by atoms with van der Waals surface area (Å²) in [5.41, 5.74) is 0. The van der Waals surface area contributed by atoms with Crippen molar-refractivity contribution < 1.29 is 17.7 Å². The van der Waals surface area contributed by atoms with Crippen molar-refractivity contribution in [3.8, 4) is 0 Å². The Hall–Kier alpha value is 0.0569. The fourth-order valence-electron chi connectivity index (χ4n) is 0.658. The zero-order valence-electron chi connectivity index (χ0n) is 7.27. The molecule has 0 saturated carbocycles. The van der Waals surface area contributed by atoms with E-state index in [-0.39, 0.29) is 26.4 Å². The van der Waals surface area contributed by atoms with Crippen molar-refractivity contribution in [2.75, 3.05) is 26.4 Å². The molecule has 5 heteroatoms. The Kier molecular flexibility index (Phi) is 7.49. The van der Waals surface area contributed by atoms with Crippen LogP contribution in [0.25, 0.3) is 0 Å². The van der Waals surface area contributed by atoms with E-state index in [4.69, 9.17) is 45.4 Å². The summed E-state index contributed by atoms with van der Waals surface area (Å²) in [6.07, 6.45) is 0. The predicted octanol–water partition coefficient (Wildman–Crippen LogP) is 0.333. The third kappa shape index (κ3) is 4.73. The molecule has 0 aromatic heterocycles. The van der Waals surface area contributed by atoms with Crippen molar-refractivity contribution in [3.05, 3.63) is 27.7 Å². The summed E-state index contributed by atoms with van der Waals surface area (Å²) >= 11 is 0. The average molecular weight is 200 g/mol. The van der Waals surface area contributed by atoms with Crippen LogP contribution in [-0.4, -0.2) is 35.5 Å². The Morgan fingerprint density at radius 3 is 1.00 bits per heavy atom. The Balaban J connectivity index is 4.19. The van der Waals surface area contributed by atoms with Crippen molar-refractivity contribution in [1.82, 2.24) is 0 Å². The molecule has 4 nitrogen and oxygen atoms in total. The summed E-state index contributed by atoms with van der Waals surface area (Å²) in [5.74, 6) is 0. The monoisotopic (exact) mass is 200 g/mol. The quantitative estimate of drug-likeness (QED) is 0.529. The number of rotatable bonds is 8. The lowest BCUT2D eigenvalue weighted by Crippen LogP contribution is -2.49. The minimum absolute atomic E-state index is 0.119. The lowest BCUT2D eigenvalue weighted by molar-refractivity contribution is -0.0131. The van der Waals surface area contributed by atoms with Gasteiger partial charge in [0.2, 0.25) is 0 Å². The highest BCUT2D eigenvalue weighted by molar-refractivity contribution is 6.53. The van der Waals surface area contributed by atoms with Gasteiger partial charge in [0.1, 0.15) is 0 Å². The summed E-state index contributed by atoms with van der Waals surface area (Å²) in [5, 5.41) is 0. The second-order valence-electron chi connectivity index (χ2n) is 1.74. The molecule has 0 aromatic rings. The van der Waals surface area contributed by atoms with Gasteiger partial charge in [-0.1, -0.05) is 0 Å². The highest BCUT2D eigenvalue weighted by atomic mass is 28.4. The normalized spacial score (nSPS) is 12.0. The van der Waals surface area contributed by atoms with E-state index in [1.807, 2.05) is 0 Å². The van der Waals surface area contributed by atoms with Gasteiger partial charge in [0, 0.05) is 26.4 Å². The molecular weight excluding hydrogens is 188 g/mol. The first-order chi connectivity index (χ1) is 6.24. The van der Waals surface area contributed by atoms with Gasteiger partial charge in [-0.15, -0.1) is 0 Å². The summed E-state index contributed by atoms with van der Waals surface area (Å²) < 4.78 is 19.8. The molecule has 0 rings (SSSR count). The van der Waals surface area contributed by atoms with E-state index in [1.54, 1.807) is 0 Å². The fourth-order valence-corrected chi connectivity index (χ4v) is 1.97. The summed E-state index contributed by atoms with van der Waals surface area (Å²) in [6, 6.07) is 0. The van der Waals surface area contributed by atoms with Crippen molar-refractivity contribution in [1.29, 1.82) is 0 Å². The molecule has 0 bridgehead atoms. The van der Waals surface area contributed by atoms with Gasteiger partial charge in [-0.2, -0.15) is 0 Å². The molecule has 0 N–H and O–H groups in total. The topological polar surface area (TPSA) is 36.9 Å². The van der Waals surface area contributed by atoms with Gasteiger partial charge in [-0.05, 0) is 27.7 Å². The van der Waals surface area contributed by atoms with Crippen molar-refractivity contribution in [2.45, 2.75) is 0 Å². The molecule has 8 radical (unpaired) electrons. The van der Waals surface area contributed by atoms with Crippen LogP contribution < -0.4 is 0 Å². The third-order valence-corrected chi connectivity index (χ3v) is 3.12. The van der Waals surface area contributed by atoms with E-state index in [0.717, 1.165) is 0 Å². The standard InChI is InChI=1S/C8H12O4Si/c1-5-9-13(10-6-2,11-7-3)12-8-4/h1-4H,5-8H2. The first-order valence-corrected chi connectivity index (χ1v) is 5.24. The number of hydrogen-bond acceptors (Lipinski definition) is 4. The SMILES string of the molecule is [CH]CO[Si](OC[CH])(OC[CH])OC[CH]. The third-order valence-electron chi connectivity index (χ3n) is 1.04. The molecule has 0 heterocycles. The van der Waals surface area contributed by atoms with E-state index in [9.17, 15) is 0 Å². The van der Waals surface area contributed by atoms with E-state index in [0.29, 0.717) is 0 Å². The highest BCUT2D eigenvalue weighted by Gasteiger charge is 2.44. The van der Waals surface area contributed by atoms with Crippen LogP contribution in [0, 0.1) is 27.7 Å². The molecule has 13 heavy (non-hydrogen) atoms. The molecular formula is C8H12O4Si. The van der Waals surface area contributed by atoms with Gasteiger partial charge in [-0.25, -0.2) is 0 Å². The zero-order chi connectivity index (χ0) is 10.2. The predicted molar refractivity (Wildman–Crippen MR) is 46.8 cm³/mol. The van der Waals surface area contributed by atoms with Gasteiger partial charge in [0.15, 0.2) is 0 Å². The average Bonchev–Trinajstić information content (AvgIpc) is 2.06. The Bertz CT molecular complexity index is 91.2. The minimum atomic E-state index is -3.30. The first-order valence-electron chi connectivity index (χ1n) is 3.60. The molecule has 0 saturated heterocycles. The lowest BCUT2D eigenvalue weighted by Gasteiger charge is -2.25. The van der Waals surface area contributed by atoms with Gasteiger partial charge in [0.25, 0.3) is 0 Å². The molecule has 0 fully saturated rings. The van der Waals surface area contributed by atoms with E-state index >= 15 is 0 Å². The molecule has 0 spiro atoms. The molecule has 0 aliphatic heterocycles. The van der Waals surface area contributed by atoms with Crippen LogP contribution in [0.2, 0.25) is 0 Å². The fraction of sp³-hybridized carbons (Fsp3) is 0.500. The van der Waals surface area contributed by atoms with Crippen molar-refractivity contribution in [2.24, 2.45) is 0 Å². The van der Waals surface area contributed by atoms with Crippen LogP contribution >= 0.6 is 0 Å². The minimum Gasteiger partial charge on any atom is -0.351 e. The van der Waals surface area contributed by atoms with E-state index < -0.39 is 9.05 Å². The number of hydrogen-bond donors (Lipinski definition) is 0. The van der Waals surface area contributed by atoms with Crippen LogP contribution in [0.15, 0.2) is 0 Å². The smallest absolute Gasteiger partial charge is 0.351 e. The van der Waals surface area contributed by atoms with Crippen LogP contribution in [-0.2, 0) is 17.7 Å². The van der Waals surface area contributed by atoms with Crippen molar-refractivity contribution >= 4 is 9.05 Å². The van der Waals surface area contributed by atoms with Gasteiger partial charge in [0.05, 0.1) is 0 Å².